The van der Waals surface area contributed by atoms with E-state index < -0.39 is 0 Å². The summed E-state index contributed by atoms with van der Waals surface area (Å²) in [6, 6.07) is 5.81. The highest BCUT2D eigenvalue weighted by atomic mass is 16.6. The number of fused-ring (bicyclic) bond motifs is 2. The van der Waals surface area contributed by atoms with E-state index in [-0.39, 0.29) is 5.56 Å². The van der Waals surface area contributed by atoms with Gasteiger partial charge in [-0.15, -0.1) is 0 Å². The molecule has 0 saturated carbocycles. The van der Waals surface area contributed by atoms with Crippen molar-refractivity contribution < 1.29 is 9.47 Å². The van der Waals surface area contributed by atoms with Crippen LogP contribution >= 0.6 is 0 Å². The topological polar surface area (TPSA) is 94.4 Å². The van der Waals surface area contributed by atoms with Gasteiger partial charge in [-0.2, -0.15) is 0 Å². The van der Waals surface area contributed by atoms with Gasteiger partial charge >= 0.3 is 0 Å². The van der Waals surface area contributed by atoms with E-state index in [0.717, 1.165) is 55.1 Å². The molecule has 0 aromatic carbocycles. The third kappa shape index (κ3) is 4.58. The van der Waals surface area contributed by atoms with Crippen LogP contribution in [-0.2, 0) is 13.1 Å². The van der Waals surface area contributed by atoms with Gasteiger partial charge in [0.1, 0.15) is 24.7 Å². The number of aromatic nitrogens is 4. The average molecular weight is 437 g/mol. The monoisotopic (exact) mass is 436 g/mol. The van der Waals surface area contributed by atoms with Crippen molar-refractivity contribution in [3.63, 3.8) is 0 Å². The molecule has 5 rings (SSSR count). The summed E-state index contributed by atoms with van der Waals surface area (Å²) in [7, 11) is 0. The Hall–Kier alpha value is -3.04. The first kappa shape index (κ1) is 20.8. The van der Waals surface area contributed by atoms with Crippen LogP contribution in [-0.4, -0.2) is 63.3 Å². The Morgan fingerprint density at radius 1 is 1.06 bits per heavy atom. The van der Waals surface area contributed by atoms with E-state index in [2.05, 4.69) is 25.2 Å². The van der Waals surface area contributed by atoms with Crippen molar-refractivity contribution in [1.82, 2.24) is 29.7 Å². The summed E-state index contributed by atoms with van der Waals surface area (Å²) in [6.07, 6.45) is 5.66. The zero-order chi connectivity index (χ0) is 21.9. The van der Waals surface area contributed by atoms with Gasteiger partial charge in [0.15, 0.2) is 11.5 Å². The summed E-state index contributed by atoms with van der Waals surface area (Å²) in [6.45, 7) is 7.18. The Labute approximate surface area is 186 Å². The number of ether oxygens (including phenoxy) is 2. The summed E-state index contributed by atoms with van der Waals surface area (Å²) in [4.78, 5) is 28.0. The Morgan fingerprint density at radius 3 is 2.72 bits per heavy atom. The molecule has 9 heteroatoms. The summed E-state index contributed by atoms with van der Waals surface area (Å²) >= 11 is 0. The number of likely N-dealkylation sites (tertiary alicyclic amines) is 1. The van der Waals surface area contributed by atoms with Crippen LogP contribution < -0.4 is 20.3 Å². The fourth-order valence-electron chi connectivity index (χ4n) is 4.31. The number of hydrogen-bond donors (Lipinski definition) is 1. The van der Waals surface area contributed by atoms with Crippen LogP contribution in [0.1, 0.15) is 24.4 Å². The first-order chi connectivity index (χ1) is 15.7. The number of nitrogens with zero attached hydrogens (tertiary/aromatic N) is 5. The lowest BCUT2D eigenvalue weighted by Crippen LogP contribution is -2.43. The number of hydrogen-bond acceptors (Lipinski definition) is 8. The van der Waals surface area contributed by atoms with E-state index >= 15 is 0 Å². The molecular formula is C23H28N6O3. The number of pyridine rings is 2. The smallest absolute Gasteiger partial charge is 0.252 e. The van der Waals surface area contributed by atoms with E-state index in [0.29, 0.717) is 43.8 Å². The van der Waals surface area contributed by atoms with Crippen LogP contribution in [0.25, 0.3) is 11.0 Å². The second-order valence-corrected chi connectivity index (χ2v) is 8.34. The van der Waals surface area contributed by atoms with Gasteiger partial charge in [-0.3, -0.25) is 14.3 Å². The SMILES string of the molecule is Cc1ncc2ccc(=O)n(CCN3CCC(NCc4cc5c(cn4)OCCO5)CC3)c2n1. The molecule has 9 nitrogen and oxygen atoms in total. The summed E-state index contributed by atoms with van der Waals surface area (Å²) in [5, 5.41) is 4.52. The minimum atomic E-state index is -0.0147. The number of piperidine rings is 1. The van der Waals surface area contributed by atoms with Crippen molar-refractivity contribution in [2.24, 2.45) is 0 Å². The van der Waals surface area contributed by atoms with Crippen molar-refractivity contribution in [3.05, 3.63) is 52.5 Å². The highest BCUT2D eigenvalue weighted by Crippen LogP contribution is 2.29. The lowest BCUT2D eigenvalue weighted by Gasteiger charge is -2.32. The molecule has 0 atom stereocenters. The molecule has 1 fully saturated rings. The molecule has 0 spiro atoms. The highest BCUT2D eigenvalue weighted by molar-refractivity contribution is 5.73. The molecule has 0 aliphatic carbocycles. The van der Waals surface area contributed by atoms with Gasteiger partial charge in [0.25, 0.3) is 5.56 Å². The molecule has 0 amide bonds. The molecule has 32 heavy (non-hydrogen) atoms. The van der Waals surface area contributed by atoms with Crippen LogP contribution in [0.2, 0.25) is 0 Å². The van der Waals surface area contributed by atoms with Crippen molar-refractivity contribution in [1.29, 1.82) is 0 Å². The molecule has 0 radical (unpaired) electrons. The Kier molecular flexibility index (Phi) is 6.00. The predicted octanol–water partition coefficient (Wildman–Crippen LogP) is 1.52. The van der Waals surface area contributed by atoms with Gasteiger partial charge < -0.3 is 19.7 Å². The Balaban J connectivity index is 1.13. The maximum atomic E-state index is 12.4. The third-order valence-corrected chi connectivity index (χ3v) is 6.13. The first-order valence-electron chi connectivity index (χ1n) is 11.2. The van der Waals surface area contributed by atoms with Crippen LogP contribution in [0.4, 0.5) is 0 Å². The van der Waals surface area contributed by atoms with E-state index in [4.69, 9.17) is 9.47 Å². The van der Waals surface area contributed by atoms with Crippen LogP contribution in [0, 0.1) is 6.92 Å². The summed E-state index contributed by atoms with van der Waals surface area (Å²) in [5.74, 6) is 2.18. The largest absolute Gasteiger partial charge is 0.486 e. The number of rotatable bonds is 6. The van der Waals surface area contributed by atoms with Gasteiger partial charge in [-0.05, 0) is 38.9 Å². The van der Waals surface area contributed by atoms with Gasteiger partial charge in [0, 0.05) is 49.4 Å². The average Bonchev–Trinajstić information content (AvgIpc) is 2.82. The van der Waals surface area contributed by atoms with Crippen molar-refractivity contribution in [2.45, 2.75) is 38.9 Å². The maximum Gasteiger partial charge on any atom is 0.252 e. The zero-order valence-electron chi connectivity index (χ0n) is 18.3. The minimum absolute atomic E-state index is 0.0147. The molecule has 2 aliphatic rings. The minimum Gasteiger partial charge on any atom is -0.486 e. The second kappa shape index (κ2) is 9.22. The molecule has 1 N–H and O–H groups in total. The van der Waals surface area contributed by atoms with E-state index in [9.17, 15) is 4.79 Å². The van der Waals surface area contributed by atoms with Crippen molar-refractivity contribution in [3.8, 4) is 11.5 Å². The van der Waals surface area contributed by atoms with E-state index in [1.807, 2.05) is 13.0 Å². The molecule has 2 aliphatic heterocycles. The Bertz CT molecular complexity index is 1160. The maximum absolute atomic E-state index is 12.4. The van der Waals surface area contributed by atoms with Gasteiger partial charge in [0.2, 0.25) is 0 Å². The number of aryl methyl sites for hydroxylation is 1. The second-order valence-electron chi connectivity index (χ2n) is 8.34. The van der Waals surface area contributed by atoms with Gasteiger partial charge in [-0.1, -0.05) is 0 Å². The van der Waals surface area contributed by atoms with Crippen LogP contribution in [0.15, 0.2) is 35.4 Å². The first-order valence-corrected chi connectivity index (χ1v) is 11.2. The quantitative estimate of drug-likeness (QED) is 0.622. The molecule has 3 aromatic heterocycles. The summed E-state index contributed by atoms with van der Waals surface area (Å²) in [5.41, 5.74) is 1.66. The molecule has 0 bridgehead atoms. The van der Waals surface area contributed by atoms with Crippen LogP contribution in [0.3, 0.4) is 0 Å². The molecular weight excluding hydrogens is 408 g/mol. The molecule has 1 saturated heterocycles. The standard InChI is InChI=1S/C23H28N6O3/c1-16-24-13-17-2-3-22(30)29(23(17)27-16)9-8-28-6-4-18(5-7-28)25-14-19-12-20-21(15-26-19)32-11-10-31-20/h2-3,12-13,15,18,25H,4-11,14H2,1H3. The molecule has 3 aromatic rings. The fraction of sp³-hybridized carbons (Fsp3) is 0.478. The van der Waals surface area contributed by atoms with Gasteiger partial charge in [0.05, 0.1) is 11.9 Å². The third-order valence-electron chi connectivity index (χ3n) is 6.13. The van der Waals surface area contributed by atoms with Crippen molar-refractivity contribution >= 4 is 11.0 Å². The van der Waals surface area contributed by atoms with E-state index in [1.165, 1.54) is 0 Å². The van der Waals surface area contributed by atoms with E-state index in [1.54, 1.807) is 29.1 Å². The van der Waals surface area contributed by atoms with Crippen molar-refractivity contribution in [2.75, 3.05) is 32.8 Å². The summed E-state index contributed by atoms with van der Waals surface area (Å²) < 4.78 is 12.9. The van der Waals surface area contributed by atoms with Crippen LogP contribution in [0.5, 0.6) is 11.5 Å². The normalized spacial score (nSPS) is 17.0. The Morgan fingerprint density at radius 2 is 1.88 bits per heavy atom. The zero-order valence-corrected chi connectivity index (χ0v) is 18.3. The predicted molar refractivity (Wildman–Crippen MR) is 120 cm³/mol. The van der Waals surface area contributed by atoms with Gasteiger partial charge in [-0.25, -0.2) is 9.97 Å². The lowest BCUT2D eigenvalue weighted by atomic mass is 10.0. The molecule has 0 unspecified atom stereocenters. The number of nitrogens with one attached hydrogen (secondary N) is 1. The fourth-order valence-corrected chi connectivity index (χ4v) is 4.31. The molecule has 168 valence electrons. The highest BCUT2D eigenvalue weighted by Gasteiger charge is 2.20. The lowest BCUT2D eigenvalue weighted by molar-refractivity contribution is 0.170. The molecule has 5 heterocycles.